The maximum atomic E-state index is 12.9. The monoisotopic (exact) mass is 205 g/mol. The zero-order valence-electron chi connectivity index (χ0n) is 6.80. The Morgan fingerprint density at radius 3 is 2.36 bits per heavy atom. The van der Waals surface area contributed by atoms with Crippen molar-refractivity contribution < 1.29 is 23.1 Å². The van der Waals surface area contributed by atoms with Gasteiger partial charge in [-0.05, 0) is 12.1 Å². The predicted octanol–water partition coefficient (Wildman–Crippen LogP) is 2.04. The molecule has 0 aromatic heterocycles. The Hall–Kier alpha value is -1.72. The first-order chi connectivity index (χ1) is 6.43. The number of hydrogen-bond acceptors (Lipinski definition) is 2. The van der Waals surface area contributed by atoms with E-state index in [4.69, 9.17) is 10.8 Å². The third-order valence-electron chi connectivity index (χ3n) is 1.61. The molecular formula is C8H6F3NO2. The highest BCUT2D eigenvalue weighted by atomic mass is 19.3. The van der Waals surface area contributed by atoms with Gasteiger partial charge in [-0.3, -0.25) is 0 Å². The molecule has 6 heteroatoms. The van der Waals surface area contributed by atoms with Gasteiger partial charge in [0.15, 0.2) is 0 Å². The van der Waals surface area contributed by atoms with E-state index in [1.54, 1.807) is 0 Å². The molecule has 0 aliphatic rings. The topological polar surface area (TPSA) is 63.3 Å². The lowest BCUT2D eigenvalue weighted by Crippen LogP contribution is -2.07. The molecule has 0 saturated carbocycles. The van der Waals surface area contributed by atoms with Gasteiger partial charge in [-0.1, -0.05) is 0 Å². The maximum absolute atomic E-state index is 12.9. The molecule has 1 aromatic carbocycles. The Morgan fingerprint density at radius 2 is 2.00 bits per heavy atom. The Labute approximate surface area is 77.0 Å². The number of rotatable bonds is 2. The molecule has 0 saturated heterocycles. The number of carboxylic acid groups (broad SMARTS) is 1. The SMILES string of the molecule is Nc1cc(C(F)F)cc(F)c1C(=O)O. The molecule has 0 atom stereocenters. The summed E-state index contributed by atoms with van der Waals surface area (Å²) in [6.45, 7) is 0. The number of hydrogen-bond donors (Lipinski definition) is 2. The number of carbonyl (C=O) groups is 1. The smallest absolute Gasteiger partial charge is 0.340 e. The number of anilines is 1. The Balaban J connectivity index is 3.32. The lowest BCUT2D eigenvalue weighted by molar-refractivity contribution is 0.0692. The van der Waals surface area contributed by atoms with Crippen molar-refractivity contribution in [3.63, 3.8) is 0 Å². The lowest BCUT2D eigenvalue weighted by Gasteiger charge is -2.05. The summed E-state index contributed by atoms with van der Waals surface area (Å²) in [5.41, 5.74) is 3.18. The van der Waals surface area contributed by atoms with Gasteiger partial charge in [0.25, 0.3) is 6.43 Å². The summed E-state index contributed by atoms with van der Waals surface area (Å²) in [6.07, 6.45) is -2.88. The van der Waals surface area contributed by atoms with Crippen LogP contribution >= 0.6 is 0 Å². The van der Waals surface area contributed by atoms with Crippen LogP contribution in [0.3, 0.4) is 0 Å². The molecule has 1 aromatic rings. The minimum Gasteiger partial charge on any atom is -0.478 e. The van der Waals surface area contributed by atoms with Gasteiger partial charge < -0.3 is 10.8 Å². The number of nitrogen functional groups attached to an aromatic ring is 1. The van der Waals surface area contributed by atoms with Crippen molar-refractivity contribution in [2.45, 2.75) is 6.43 Å². The third kappa shape index (κ3) is 1.78. The first kappa shape index (κ1) is 10.4. The normalized spacial score (nSPS) is 10.6. The summed E-state index contributed by atoms with van der Waals surface area (Å²) in [7, 11) is 0. The standard InChI is InChI=1S/C8H6F3NO2/c9-4-1-3(7(10)11)2-5(12)6(4)8(13)14/h1-2,7H,12H2,(H,13,14). The van der Waals surface area contributed by atoms with Crippen LogP contribution in [0.4, 0.5) is 18.9 Å². The van der Waals surface area contributed by atoms with E-state index in [1.807, 2.05) is 0 Å². The minimum absolute atomic E-state index is 0.463. The van der Waals surface area contributed by atoms with Crippen molar-refractivity contribution in [3.05, 3.63) is 29.1 Å². The van der Waals surface area contributed by atoms with Crippen LogP contribution in [-0.2, 0) is 0 Å². The second-order valence-corrected chi connectivity index (χ2v) is 2.57. The first-order valence-corrected chi connectivity index (χ1v) is 3.54. The molecule has 76 valence electrons. The molecule has 0 heterocycles. The number of halogens is 3. The fourth-order valence-electron chi connectivity index (χ4n) is 1.00. The average Bonchev–Trinajstić information content (AvgIpc) is 2.01. The van der Waals surface area contributed by atoms with E-state index in [0.717, 1.165) is 6.07 Å². The third-order valence-corrected chi connectivity index (χ3v) is 1.61. The van der Waals surface area contributed by atoms with Gasteiger partial charge >= 0.3 is 5.97 Å². The Morgan fingerprint density at radius 1 is 1.43 bits per heavy atom. The quantitative estimate of drug-likeness (QED) is 0.726. The van der Waals surface area contributed by atoms with E-state index >= 15 is 0 Å². The van der Waals surface area contributed by atoms with Crippen molar-refractivity contribution >= 4 is 11.7 Å². The predicted molar refractivity (Wildman–Crippen MR) is 42.7 cm³/mol. The molecule has 0 fully saturated rings. The lowest BCUT2D eigenvalue weighted by atomic mass is 10.1. The summed E-state index contributed by atoms with van der Waals surface area (Å²) >= 11 is 0. The molecule has 0 amide bonds. The van der Waals surface area contributed by atoms with Crippen molar-refractivity contribution in [1.82, 2.24) is 0 Å². The van der Waals surface area contributed by atoms with Crippen molar-refractivity contribution in [2.24, 2.45) is 0 Å². The van der Waals surface area contributed by atoms with E-state index in [1.165, 1.54) is 0 Å². The molecule has 3 nitrogen and oxygen atoms in total. The van der Waals surface area contributed by atoms with E-state index in [-0.39, 0.29) is 0 Å². The number of carboxylic acids is 1. The van der Waals surface area contributed by atoms with Crippen LogP contribution in [0.5, 0.6) is 0 Å². The zero-order chi connectivity index (χ0) is 10.9. The second-order valence-electron chi connectivity index (χ2n) is 2.57. The summed E-state index contributed by atoms with van der Waals surface area (Å²) in [6, 6.07) is 1.21. The molecule has 3 N–H and O–H groups in total. The van der Waals surface area contributed by atoms with E-state index in [9.17, 15) is 18.0 Å². The molecule has 14 heavy (non-hydrogen) atoms. The van der Waals surface area contributed by atoms with E-state index < -0.39 is 35.0 Å². The molecule has 0 radical (unpaired) electrons. The van der Waals surface area contributed by atoms with Crippen LogP contribution in [-0.4, -0.2) is 11.1 Å². The number of benzene rings is 1. The van der Waals surface area contributed by atoms with Crippen LogP contribution < -0.4 is 5.73 Å². The Bertz CT molecular complexity index is 356. The summed E-state index contributed by atoms with van der Waals surface area (Å²) in [5, 5.41) is 8.47. The van der Waals surface area contributed by atoms with Crippen LogP contribution in [0, 0.1) is 5.82 Å². The zero-order valence-corrected chi connectivity index (χ0v) is 6.80. The van der Waals surface area contributed by atoms with E-state index in [2.05, 4.69) is 0 Å². The highest BCUT2D eigenvalue weighted by molar-refractivity contribution is 5.94. The van der Waals surface area contributed by atoms with Crippen molar-refractivity contribution in [1.29, 1.82) is 0 Å². The molecule has 0 spiro atoms. The molecule has 1 rings (SSSR count). The highest BCUT2D eigenvalue weighted by Crippen LogP contribution is 2.25. The van der Waals surface area contributed by atoms with Crippen LogP contribution in [0.2, 0.25) is 0 Å². The number of aromatic carboxylic acids is 1. The average molecular weight is 205 g/mol. The number of nitrogens with two attached hydrogens (primary N) is 1. The van der Waals surface area contributed by atoms with Gasteiger partial charge in [0.1, 0.15) is 11.4 Å². The van der Waals surface area contributed by atoms with E-state index in [0.29, 0.717) is 6.07 Å². The van der Waals surface area contributed by atoms with Crippen LogP contribution in [0.15, 0.2) is 12.1 Å². The van der Waals surface area contributed by atoms with Gasteiger partial charge in [-0.2, -0.15) is 0 Å². The summed E-state index contributed by atoms with van der Waals surface area (Å²) in [5.74, 6) is -2.84. The number of alkyl halides is 2. The fourth-order valence-corrected chi connectivity index (χ4v) is 1.00. The molecule has 0 unspecified atom stereocenters. The maximum Gasteiger partial charge on any atom is 0.340 e. The molecule has 0 aliphatic carbocycles. The van der Waals surface area contributed by atoms with Gasteiger partial charge in [-0.25, -0.2) is 18.0 Å². The highest BCUT2D eigenvalue weighted by Gasteiger charge is 2.18. The Kier molecular flexibility index (Phi) is 2.64. The minimum atomic E-state index is -2.88. The van der Waals surface area contributed by atoms with Gasteiger partial charge in [-0.15, -0.1) is 0 Å². The fraction of sp³-hybridized carbons (Fsp3) is 0.125. The molecule has 0 bridgehead atoms. The summed E-state index contributed by atoms with van der Waals surface area (Å²) < 4.78 is 37.1. The largest absolute Gasteiger partial charge is 0.478 e. The van der Waals surface area contributed by atoms with Crippen molar-refractivity contribution in [3.8, 4) is 0 Å². The van der Waals surface area contributed by atoms with Crippen LogP contribution in [0.25, 0.3) is 0 Å². The molecule has 0 aliphatic heterocycles. The van der Waals surface area contributed by atoms with Gasteiger partial charge in [0.2, 0.25) is 0 Å². The van der Waals surface area contributed by atoms with Gasteiger partial charge in [0, 0.05) is 11.3 Å². The van der Waals surface area contributed by atoms with Gasteiger partial charge in [0.05, 0.1) is 0 Å². The van der Waals surface area contributed by atoms with Crippen LogP contribution in [0.1, 0.15) is 22.3 Å². The first-order valence-electron chi connectivity index (χ1n) is 3.54. The molecular weight excluding hydrogens is 199 g/mol. The van der Waals surface area contributed by atoms with Crippen molar-refractivity contribution in [2.75, 3.05) is 5.73 Å². The summed E-state index contributed by atoms with van der Waals surface area (Å²) in [4.78, 5) is 10.4. The second kappa shape index (κ2) is 3.57.